The number of anilines is 1. The molecular formula is C20H22N4O. The van der Waals surface area contributed by atoms with Crippen molar-refractivity contribution in [3.63, 3.8) is 0 Å². The maximum atomic E-state index is 12.7. The Kier molecular flexibility index (Phi) is 4.99. The fourth-order valence-electron chi connectivity index (χ4n) is 3.25. The van der Waals surface area contributed by atoms with Crippen LogP contribution in [0.4, 0.5) is 5.69 Å². The van der Waals surface area contributed by atoms with E-state index in [1.165, 1.54) is 11.9 Å². The lowest BCUT2D eigenvalue weighted by Gasteiger charge is -2.22. The van der Waals surface area contributed by atoms with E-state index >= 15 is 0 Å². The second kappa shape index (κ2) is 7.35. The molecule has 0 amide bonds. The number of Topliss-reactive ketones (excluding diaryl/α,β-unsaturated/α-hetero) is 1. The largest absolute Gasteiger partial charge is 0.360 e. The molecule has 1 aliphatic carbocycles. The van der Waals surface area contributed by atoms with Crippen LogP contribution in [0.2, 0.25) is 0 Å². The summed E-state index contributed by atoms with van der Waals surface area (Å²) in [5.74, 6) is -0.276. The predicted molar refractivity (Wildman–Crippen MR) is 96.9 cm³/mol. The minimum atomic E-state index is -0.175. The Balaban J connectivity index is 1.72. The van der Waals surface area contributed by atoms with Gasteiger partial charge < -0.3 is 9.88 Å². The molecule has 1 aromatic heterocycles. The topological polar surface area (TPSA) is 70.7 Å². The summed E-state index contributed by atoms with van der Waals surface area (Å²) in [6.07, 6.45) is 5.57. The molecule has 1 heterocycles. The van der Waals surface area contributed by atoms with Crippen LogP contribution in [0.15, 0.2) is 48.4 Å². The van der Waals surface area contributed by atoms with E-state index in [-0.39, 0.29) is 17.3 Å². The van der Waals surface area contributed by atoms with E-state index in [9.17, 15) is 10.1 Å². The Morgan fingerprint density at radius 1 is 1.40 bits per heavy atom. The minimum Gasteiger partial charge on any atom is -0.360 e. The highest BCUT2D eigenvalue weighted by Gasteiger charge is 2.29. The molecule has 25 heavy (non-hydrogen) atoms. The van der Waals surface area contributed by atoms with Crippen molar-refractivity contribution < 1.29 is 4.79 Å². The van der Waals surface area contributed by atoms with Gasteiger partial charge in [-0.1, -0.05) is 18.2 Å². The molecule has 0 bridgehead atoms. The number of hydrogen-bond donors (Lipinski definition) is 1. The van der Waals surface area contributed by atoms with Crippen LogP contribution >= 0.6 is 0 Å². The molecule has 1 unspecified atom stereocenters. The molecule has 0 fully saturated rings. The zero-order valence-electron chi connectivity index (χ0n) is 14.6. The summed E-state index contributed by atoms with van der Waals surface area (Å²) in [6.45, 7) is 4.26. The summed E-state index contributed by atoms with van der Waals surface area (Å²) in [4.78, 5) is 17.2. The number of carbonyl (C=O) groups excluding carboxylic acids is 1. The first kappa shape index (κ1) is 17.0. The first-order chi connectivity index (χ1) is 12.1. The molecule has 2 aromatic rings. The number of nitrogens with zero attached hydrogens (tertiary/aromatic N) is 3. The Morgan fingerprint density at radius 3 is 2.84 bits per heavy atom. The number of imidazole rings is 1. The second-order valence-corrected chi connectivity index (χ2v) is 6.62. The van der Waals surface area contributed by atoms with Gasteiger partial charge in [0.25, 0.3) is 0 Å². The van der Waals surface area contributed by atoms with Crippen molar-refractivity contribution in [2.45, 2.75) is 39.2 Å². The summed E-state index contributed by atoms with van der Waals surface area (Å²) in [5, 5.41) is 12.4. The number of nitrogens with one attached hydrogen (secondary N) is 1. The molecule has 3 rings (SSSR count). The Morgan fingerprint density at radius 2 is 2.16 bits per heavy atom. The van der Waals surface area contributed by atoms with Crippen LogP contribution in [0.5, 0.6) is 0 Å². The number of benzene rings is 1. The molecule has 5 heteroatoms. The maximum absolute atomic E-state index is 12.7. The molecule has 1 aromatic carbocycles. The average molecular weight is 334 g/mol. The average Bonchev–Trinajstić information content (AvgIpc) is 3.06. The van der Waals surface area contributed by atoms with Gasteiger partial charge in [0, 0.05) is 36.0 Å². The molecule has 0 aliphatic heterocycles. The molecule has 0 saturated heterocycles. The SMILES string of the molecule is CC(C)n1cnc2c1CCC(C(=O)/C(C#N)=C/Nc1ccccc1)C2. The number of hydrogen-bond acceptors (Lipinski definition) is 4. The van der Waals surface area contributed by atoms with Crippen LogP contribution in [0, 0.1) is 17.2 Å². The normalized spacial score (nSPS) is 17.0. The number of fused-ring (bicyclic) bond motifs is 1. The molecular weight excluding hydrogens is 312 g/mol. The van der Waals surface area contributed by atoms with E-state index in [4.69, 9.17) is 0 Å². The number of aromatic nitrogens is 2. The lowest BCUT2D eigenvalue weighted by atomic mass is 9.84. The highest BCUT2D eigenvalue weighted by molar-refractivity contribution is 6.01. The van der Waals surface area contributed by atoms with E-state index < -0.39 is 0 Å². The number of carbonyl (C=O) groups is 1. The van der Waals surface area contributed by atoms with Crippen molar-refractivity contribution in [1.29, 1.82) is 5.26 Å². The van der Waals surface area contributed by atoms with Gasteiger partial charge >= 0.3 is 0 Å². The lowest BCUT2D eigenvalue weighted by Crippen LogP contribution is -2.25. The monoisotopic (exact) mass is 334 g/mol. The first-order valence-electron chi connectivity index (χ1n) is 8.60. The van der Waals surface area contributed by atoms with Crippen LogP contribution in [-0.4, -0.2) is 15.3 Å². The third-order valence-corrected chi connectivity index (χ3v) is 4.62. The van der Waals surface area contributed by atoms with Crippen LogP contribution < -0.4 is 5.32 Å². The van der Waals surface area contributed by atoms with Gasteiger partial charge in [0.2, 0.25) is 0 Å². The number of ketones is 1. The third kappa shape index (κ3) is 3.63. The third-order valence-electron chi connectivity index (χ3n) is 4.62. The summed E-state index contributed by atoms with van der Waals surface area (Å²) in [7, 11) is 0. The molecule has 0 saturated carbocycles. The van der Waals surface area contributed by atoms with Gasteiger partial charge in [0.15, 0.2) is 5.78 Å². The van der Waals surface area contributed by atoms with Crippen molar-refractivity contribution in [1.82, 2.24) is 9.55 Å². The number of nitriles is 1. The Labute approximate surface area is 148 Å². The molecule has 128 valence electrons. The van der Waals surface area contributed by atoms with Crippen molar-refractivity contribution >= 4 is 11.5 Å². The number of rotatable bonds is 5. The van der Waals surface area contributed by atoms with Crippen LogP contribution in [0.25, 0.3) is 0 Å². The number of para-hydroxylation sites is 1. The second-order valence-electron chi connectivity index (χ2n) is 6.62. The fourth-order valence-corrected chi connectivity index (χ4v) is 3.25. The van der Waals surface area contributed by atoms with Gasteiger partial charge in [-0.2, -0.15) is 5.26 Å². The highest BCUT2D eigenvalue weighted by atomic mass is 16.1. The van der Waals surface area contributed by atoms with Gasteiger partial charge in [0.1, 0.15) is 11.6 Å². The van der Waals surface area contributed by atoms with E-state index in [2.05, 4.69) is 28.7 Å². The highest BCUT2D eigenvalue weighted by Crippen LogP contribution is 2.28. The molecule has 0 spiro atoms. The summed E-state index contributed by atoms with van der Waals surface area (Å²) < 4.78 is 2.17. The van der Waals surface area contributed by atoms with E-state index in [0.717, 1.165) is 24.2 Å². The molecule has 1 N–H and O–H groups in total. The first-order valence-corrected chi connectivity index (χ1v) is 8.60. The van der Waals surface area contributed by atoms with Gasteiger partial charge in [-0.05, 0) is 38.8 Å². The molecule has 5 nitrogen and oxygen atoms in total. The zero-order chi connectivity index (χ0) is 17.8. The predicted octanol–water partition coefficient (Wildman–Crippen LogP) is 3.66. The van der Waals surface area contributed by atoms with E-state index in [0.29, 0.717) is 12.5 Å². The van der Waals surface area contributed by atoms with Crippen LogP contribution in [-0.2, 0) is 17.6 Å². The van der Waals surface area contributed by atoms with Gasteiger partial charge in [-0.3, -0.25) is 4.79 Å². The van der Waals surface area contributed by atoms with Gasteiger partial charge in [0.05, 0.1) is 12.0 Å². The smallest absolute Gasteiger partial charge is 0.178 e. The molecule has 1 aliphatic rings. The Hall–Kier alpha value is -2.87. The van der Waals surface area contributed by atoms with Gasteiger partial charge in [-0.25, -0.2) is 4.98 Å². The fraction of sp³-hybridized carbons (Fsp3) is 0.350. The minimum absolute atomic E-state index is 0.101. The zero-order valence-corrected chi connectivity index (χ0v) is 14.6. The van der Waals surface area contributed by atoms with Crippen molar-refractivity contribution in [2.75, 3.05) is 5.32 Å². The van der Waals surface area contributed by atoms with Gasteiger partial charge in [-0.15, -0.1) is 0 Å². The molecule has 0 radical (unpaired) electrons. The Bertz CT molecular complexity index is 827. The summed E-state index contributed by atoms with van der Waals surface area (Å²) in [5.41, 5.74) is 3.24. The van der Waals surface area contributed by atoms with E-state index in [1.807, 2.05) is 42.7 Å². The van der Waals surface area contributed by atoms with Crippen LogP contribution in [0.3, 0.4) is 0 Å². The van der Waals surface area contributed by atoms with Crippen molar-refractivity contribution in [3.8, 4) is 6.07 Å². The van der Waals surface area contributed by atoms with Crippen molar-refractivity contribution in [2.24, 2.45) is 5.92 Å². The summed E-state index contributed by atoms with van der Waals surface area (Å²) in [6, 6.07) is 11.9. The standard InChI is InChI=1S/C20H22N4O/c1-14(2)24-13-23-18-10-15(8-9-19(18)24)20(25)16(11-21)12-22-17-6-4-3-5-7-17/h3-7,12-15,22H,8-10H2,1-2H3/b16-12+. The lowest BCUT2D eigenvalue weighted by molar-refractivity contribution is -0.119. The van der Waals surface area contributed by atoms with E-state index in [1.54, 1.807) is 0 Å². The number of allylic oxidation sites excluding steroid dienone is 1. The maximum Gasteiger partial charge on any atom is 0.178 e. The van der Waals surface area contributed by atoms with Crippen LogP contribution in [0.1, 0.15) is 37.7 Å². The summed E-state index contributed by atoms with van der Waals surface area (Å²) >= 11 is 0. The quantitative estimate of drug-likeness (QED) is 0.669. The van der Waals surface area contributed by atoms with Crippen molar-refractivity contribution in [3.05, 3.63) is 59.8 Å². The molecule has 1 atom stereocenters.